The Labute approximate surface area is 236 Å². The molecule has 4 rings (SSSR count). The number of methoxy groups -OCH3 is 1. The number of carbonyl (C=O) groups is 2. The van der Waals surface area contributed by atoms with Gasteiger partial charge in [-0.05, 0) is 55.4 Å². The van der Waals surface area contributed by atoms with Gasteiger partial charge in [-0.15, -0.1) is 0 Å². The van der Waals surface area contributed by atoms with E-state index in [4.69, 9.17) is 9.47 Å². The Bertz CT molecular complexity index is 1280. The van der Waals surface area contributed by atoms with E-state index in [1.54, 1.807) is 30.2 Å². The predicted octanol–water partition coefficient (Wildman–Crippen LogP) is 4.23. The largest absolute Gasteiger partial charge is 0.497 e. The summed E-state index contributed by atoms with van der Waals surface area (Å²) in [6, 6.07) is 22.3. The average Bonchev–Trinajstić information content (AvgIpc) is 2.95. The number of nitrogens with zero attached hydrogens (tertiary/aromatic N) is 2. The number of rotatable bonds is 10. The Morgan fingerprint density at radius 3 is 2.52 bits per heavy atom. The van der Waals surface area contributed by atoms with Crippen LogP contribution in [0, 0.1) is 5.92 Å². The summed E-state index contributed by atoms with van der Waals surface area (Å²) in [5, 5.41) is 12.8. The molecular weight excluding hydrogens is 506 g/mol. The maximum atomic E-state index is 13.7. The van der Waals surface area contributed by atoms with Crippen molar-refractivity contribution in [1.82, 2.24) is 9.80 Å². The van der Waals surface area contributed by atoms with E-state index < -0.39 is 0 Å². The van der Waals surface area contributed by atoms with Gasteiger partial charge in [0.25, 0.3) is 5.91 Å². The SMILES string of the molecule is COc1ccc(CN(C)C[C@@H]2Oc3ccc(NC(=O)Cc4ccccc4)cc3C(=O)N([C@@H](C)CO)C[C@@H]2C)cc1. The summed E-state index contributed by atoms with van der Waals surface area (Å²) in [6.45, 7) is 5.56. The van der Waals surface area contributed by atoms with Crippen LogP contribution in [-0.2, 0) is 17.8 Å². The summed E-state index contributed by atoms with van der Waals surface area (Å²) < 4.78 is 11.8. The lowest BCUT2D eigenvalue weighted by Gasteiger charge is -2.38. The number of carbonyl (C=O) groups excluding carboxylic acids is 2. The molecule has 0 bridgehead atoms. The number of fused-ring (bicyclic) bond motifs is 1. The van der Waals surface area contributed by atoms with Crippen molar-refractivity contribution < 1.29 is 24.2 Å². The molecule has 0 saturated carbocycles. The first-order chi connectivity index (χ1) is 19.3. The summed E-state index contributed by atoms with van der Waals surface area (Å²) in [6.07, 6.45) is 0.0258. The second-order valence-corrected chi connectivity index (χ2v) is 10.6. The molecule has 0 aromatic heterocycles. The zero-order chi connectivity index (χ0) is 28.6. The Hall–Kier alpha value is -3.88. The molecule has 8 heteroatoms. The van der Waals surface area contributed by atoms with E-state index in [0.717, 1.165) is 23.4 Å². The fourth-order valence-corrected chi connectivity index (χ4v) is 4.92. The fourth-order valence-electron chi connectivity index (χ4n) is 4.92. The summed E-state index contributed by atoms with van der Waals surface area (Å²) in [5.41, 5.74) is 2.95. The number of amides is 2. The molecule has 0 fully saturated rings. The number of aliphatic hydroxyl groups is 1. The number of hydrogen-bond donors (Lipinski definition) is 2. The fraction of sp³-hybridized carbons (Fsp3) is 0.375. The van der Waals surface area contributed by atoms with Gasteiger partial charge in [-0.3, -0.25) is 14.5 Å². The molecule has 1 aliphatic heterocycles. The van der Waals surface area contributed by atoms with Gasteiger partial charge in [-0.2, -0.15) is 0 Å². The van der Waals surface area contributed by atoms with Crippen LogP contribution in [0.2, 0.25) is 0 Å². The minimum absolute atomic E-state index is 0.00895. The molecule has 3 aromatic rings. The van der Waals surface area contributed by atoms with Crippen LogP contribution in [0.15, 0.2) is 72.8 Å². The zero-order valence-electron chi connectivity index (χ0n) is 23.7. The Balaban J connectivity index is 1.54. The van der Waals surface area contributed by atoms with Gasteiger partial charge in [0.1, 0.15) is 17.6 Å². The minimum atomic E-state index is -0.366. The molecule has 0 unspecified atom stereocenters. The Morgan fingerprint density at radius 1 is 1.12 bits per heavy atom. The number of anilines is 1. The highest BCUT2D eigenvalue weighted by Crippen LogP contribution is 2.31. The summed E-state index contributed by atoms with van der Waals surface area (Å²) in [4.78, 5) is 30.3. The molecule has 0 aliphatic carbocycles. The first-order valence-electron chi connectivity index (χ1n) is 13.6. The van der Waals surface area contributed by atoms with Crippen LogP contribution in [0.3, 0.4) is 0 Å². The third-order valence-corrected chi connectivity index (χ3v) is 7.26. The van der Waals surface area contributed by atoms with Gasteiger partial charge < -0.3 is 24.8 Å². The van der Waals surface area contributed by atoms with Crippen molar-refractivity contribution in [2.24, 2.45) is 5.92 Å². The smallest absolute Gasteiger partial charge is 0.258 e. The van der Waals surface area contributed by atoms with E-state index in [-0.39, 0.29) is 42.9 Å². The van der Waals surface area contributed by atoms with Gasteiger partial charge in [0, 0.05) is 31.2 Å². The third-order valence-electron chi connectivity index (χ3n) is 7.26. The van der Waals surface area contributed by atoms with Gasteiger partial charge in [-0.25, -0.2) is 0 Å². The first-order valence-corrected chi connectivity index (χ1v) is 13.6. The second kappa shape index (κ2) is 13.5. The van der Waals surface area contributed by atoms with Crippen LogP contribution in [0.25, 0.3) is 0 Å². The standard InChI is InChI=1S/C32H39N3O5/c1-22-18-35(23(2)21-36)32(38)28-17-26(33-31(37)16-24-8-6-5-7-9-24)12-15-29(28)40-30(22)20-34(3)19-25-10-13-27(39-4)14-11-25/h5-15,17,22-23,30,36H,16,18-21H2,1-4H3,(H,33,37)/t22-,23-,30-/m0/s1. The maximum Gasteiger partial charge on any atom is 0.258 e. The summed E-state index contributed by atoms with van der Waals surface area (Å²) in [5.74, 6) is 0.897. The lowest BCUT2D eigenvalue weighted by Crippen LogP contribution is -2.49. The minimum Gasteiger partial charge on any atom is -0.497 e. The number of likely N-dealkylation sites (N-methyl/N-ethyl adjacent to an activating group) is 1. The van der Waals surface area contributed by atoms with Crippen molar-refractivity contribution in [3.05, 3.63) is 89.5 Å². The van der Waals surface area contributed by atoms with Crippen LogP contribution in [0.1, 0.15) is 35.3 Å². The molecular formula is C32H39N3O5. The van der Waals surface area contributed by atoms with Gasteiger partial charge in [0.05, 0.1) is 31.7 Å². The number of hydrogen-bond acceptors (Lipinski definition) is 6. The van der Waals surface area contributed by atoms with Crippen molar-refractivity contribution in [2.75, 3.05) is 39.2 Å². The molecule has 0 radical (unpaired) electrons. The molecule has 2 amide bonds. The molecule has 3 aromatic carbocycles. The average molecular weight is 546 g/mol. The number of nitrogens with one attached hydrogen (secondary N) is 1. The second-order valence-electron chi connectivity index (χ2n) is 10.6. The number of benzene rings is 3. The molecule has 0 spiro atoms. The Morgan fingerprint density at radius 2 is 1.85 bits per heavy atom. The van der Waals surface area contributed by atoms with Crippen molar-refractivity contribution >= 4 is 17.5 Å². The van der Waals surface area contributed by atoms with Crippen molar-refractivity contribution in [3.63, 3.8) is 0 Å². The molecule has 212 valence electrons. The number of ether oxygens (including phenoxy) is 2. The van der Waals surface area contributed by atoms with Gasteiger partial charge in [-0.1, -0.05) is 49.4 Å². The summed E-state index contributed by atoms with van der Waals surface area (Å²) in [7, 11) is 3.70. The van der Waals surface area contributed by atoms with E-state index in [0.29, 0.717) is 30.1 Å². The van der Waals surface area contributed by atoms with Crippen molar-refractivity contribution in [1.29, 1.82) is 0 Å². The highest BCUT2D eigenvalue weighted by molar-refractivity contribution is 6.00. The van der Waals surface area contributed by atoms with E-state index >= 15 is 0 Å². The maximum absolute atomic E-state index is 13.7. The van der Waals surface area contributed by atoms with E-state index in [9.17, 15) is 14.7 Å². The highest BCUT2D eigenvalue weighted by Gasteiger charge is 2.33. The van der Waals surface area contributed by atoms with Crippen molar-refractivity contribution in [2.45, 2.75) is 39.0 Å². The third kappa shape index (κ3) is 7.40. The lowest BCUT2D eigenvalue weighted by atomic mass is 9.99. The van der Waals surface area contributed by atoms with E-state index in [1.165, 1.54) is 0 Å². The topological polar surface area (TPSA) is 91.3 Å². The molecule has 8 nitrogen and oxygen atoms in total. The predicted molar refractivity (Wildman–Crippen MR) is 156 cm³/mol. The molecule has 0 saturated heterocycles. The first kappa shape index (κ1) is 29.1. The summed E-state index contributed by atoms with van der Waals surface area (Å²) >= 11 is 0. The molecule has 40 heavy (non-hydrogen) atoms. The monoisotopic (exact) mass is 545 g/mol. The van der Waals surface area contributed by atoms with Crippen LogP contribution < -0.4 is 14.8 Å². The number of aliphatic hydroxyl groups excluding tert-OH is 1. The van der Waals surface area contributed by atoms with Crippen molar-refractivity contribution in [3.8, 4) is 11.5 Å². The lowest BCUT2D eigenvalue weighted by molar-refractivity contribution is -0.115. The molecule has 3 atom stereocenters. The van der Waals surface area contributed by atoms with Crippen LogP contribution in [0.4, 0.5) is 5.69 Å². The normalized spacial score (nSPS) is 17.9. The molecule has 1 aliphatic rings. The van der Waals surface area contributed by atoms with E-state index in [2.05, 4.69) is 17.1 Å². The van der Waals surface area contributed by atoms with Crippen LogP contribution in [-0.4, -0.2) is 72.7 Å². The zero-order valence-corrected chi connectivity index (χ0v) is 23.7. The van der Waals surface area contributed by atoms with Crippen LogP contribution in [0.5, 0.6) is 11.5 Å². The van der Waals surface area contributed by atoms with Crippen LogP contribution >= 0.6 is 0 Å². The van der Waals surface area contributed by atoms with Gasteiger partial charge in [0.2, 0.25) is 5.91 Å². The highest BCUT2D eigenvalue weighted by atomic mass is 16.5. The molecule has 1 heterocycles. The Kier molecular flexibility index (Phi) is 9.79. The van der Waals surface area contributed by atoms with Gasteiger partial charge >= 0.3 is 0 Å². The quantitative estimate of drug-likeness (QED) is 0.396. The van der Waals surface area contributed by atoms with E-state index in [1.807, 2.05) is 68.6 Å². The van der Waals surface area contributed by atoms with Gasteiger partial charge in [0.15, 0.2) is 0 Å². The molecule has 2 N–H and O–H groups in total.